The topological polar surface area (TPSA) is 58.2 Å². The largest absolute Gasteiger partial charge is 0.349 e. The Kier molecular flexibility index (Phi) is 6.34. The number of aryl methyl sites for hydroxylation is 1. The summed E-state index contributed by atoms with van der Waals surface area (Å²) in [6.07, 6.45) is 0.190. The molecule has 2 amide bonds. The van der Waals surface area contributed by atoms with E-state index in [1.807, 2.05) is 55.5 Å². The van der Waals surface area contributed by atoms with Gasteiger partial charge < -0.3 is 10.6 Å². The number of anilines is 1. The predicted molar refractivity (Wildman–Crippen MR) is 102 cm³/mol. The van der Waals surface area contributed by atoms with Crippen LogP contribution in [-0.4, -0.2) is 11.8 Å². The van der Waals surface area contributed by atoms with Crippen molar-refractivity contribution in [2.75, 3.05) is 5.32 Å². The van der Waals surface area contributed by atoms with E-state index in [9.17, 15) is 9.59 Å². The van der Waals surface area contributed by atoms with E-state index in [1.54, 1.807) is 0 Å². The van der Waals surface area contributed by atoms with Crippen LogP contribution in [0.5, 0.6) is 0 Å². The maximum Gasteiger partial charge on any atom is 0.226 e. The Morgan fingerprint density at radius 3 is 2.24 bits per heavy atom. The van der Waals surface area contributed by atoms with Gasteiger partial charge >= 0.3 is 0 Å². The fourth-order valence-electron chi connectivity index (χ4n) is 2.80. The standard InChI is InChI=1S/C21H26N2O2/c1-14(2)18-7-5-6-8-19(18)23-21(25)13-20(22-16(4)24)17-11-9-15(3)10-12-17/h5-12,14,20H,13H2,1-4H3,(H,22,24)(H,23,25). The van der Waals surface area contributed by atoms with Gasteiger partial charge in [-0.3, -0.25) is 9.59 Å². The van der Waals surface area contributed by atoms with Gasteiger partial charge in [-0.1, -0.05) is 61.9 Å². The first-order valence-corrected chi connectivity index (χ1v) is 8.59. The van der Waals surface area contributed by atoms with Crippen LogP contribution in [0.4, 0.5) is 5.69 Å². The second kappa shape index (κ2) is 8.47. The van der Waals surface area contributed by atoms with E-state index < -0.39 is 0 Å². The van der Waals surface area contributed by atoms with Crippen LogP contribution < -0.4 is 10.6 Å². The summed E-state index contributed by atoms with van der Waals surface area (Å²) in [4.78, 5) is 24.1. The Labute approximate surface area is 149 Å². The summed E-state index contributed by atoms with van der Waals surface area (Å²) >= 11 is 0. The molecule has 1 unspecified atom stereocenters. The Bertz CT molecular complexity index is 736. The zero-order chi connectivity index (χ0) is 18.4. The highest BCUT2D eigenvalue weighted by Gasteiger charge is 2.18. The maximum absolute atomic E-state index is 12.6. The number of carbonyl (C=O) groups excluding carboxylic acids is 2. The van der Waals surface area contributed by atoms with Crippen molar-refractivity contribution in [3.05, 3.63) is 65.2 Å². The van der Waals surface area contributed by atoms with E-state index in [1.165, 1.54) is 6.92 Å². The molecule has 4 nitrogen and oxygen atoms in total. The lowest BCUT2D eigenvalue weighted by atomic mass is 10.00. The number of benzene rings is 2. The molecule has 1 atom stereocenters. The van der Waals surface area contributed by atoms with Crippen molar-refractivity contribution >= 4 is 17.5 Å². The number of amides is 2. The number of hydrogen-bond donors (Lipinski definition) is 2. The monoisotopic (exact) mass is 338 g/mol. The molecule has 2 aromatic rings. The molecule has 0 aliphatic rings. The van der Waals surface area contributed by atoms with Gasteiger partial charge in [-0.2, -0.15) is 0 Å². The van der Waals surface area contributed by atoms with Gasteiger partial charge in [-0.25, -0.2) is 0 Å². The zero-order valence-corrected chi connectivity index (χ0v) is 15.3. The highest BCUT2D eigenvalue weighted by Crippen LogP contribution is 2.25. The third kappa shape index (κ3) is 5.45. The molecule has 0 spiro atoms. The average molecular weight is 338 g/mol. The lowest BCUT2D eigenvalue weighted by Gasteiger charge is -2.19. The van der Waals surface area contributed by atoms with Crippen molar-refractivity contribution in [2.45, 2.75) is 46.1 Å². The van der Waals surface area contributed by atoms with Gasteiger partial charge in [0.25, 0.3) is 0 Å². The minimum atomic E-state index is -0.343. The molecule has 2 rings (SSSR count). The zero-order valence-electron chi connectivity index (χ0n) is 15.3. The molecule has 0 aliphatic heterocycles. The van der Waals surface area contributed by atoms with E-state index >= 15 is 0 Å². The molecule has 0 fully saturated rings. The molecule has 25 heavy (non-hydrogen) atoms. The number of rotatable bonds is 6. The molecule has 2 aromatic carbocycles. The molecule has 0 saturated carbocycles. The molecule has 4 heteroatoms. The Hall–Kier alpha value is -2.62. The molecular formula is C21H26N2O2. The van der Waals surface area contributed by atoms with Gasteiger partial charge in [0.2, 0.25) is 11.8 Å². The van der Waals surface area contributed by atoms with Crippen molar-refractivity contribution in [3.8, 4) is 0 Å². The molecule has 0 heterocycles. The smallest absolute Gasteiger partial charge is 0.226 e. The number of hydrogen-bond acceptors (Lipinski definition) is 2. The number of para-hydroxylation sites is 1. The van der Waals surface area contributed by atoms with Crippen LogP contribution in [0, 0.1) is 6.92 Å². The molecule has 0 aromatic heterocycles. The van der Waals surface area contributed by atoms with Gasteiger partial charge in [0.05, 0.1) is 12.5 Å². The first-order chi connectivity index (χ1) is 11.9. The summed E-state index contributed by atoms with van der Waals surface area (Å²) in [5.74, 6) is 0.0492. The second-order valence-corrected chi connectivity index (χ2v) is 6.66. The van der Waals surface area contributed by atoms with Crippen molar-refractivity contribution in [3.63, 3.8) is 0 Å². The Morgan fingerprint density at radius 1 is 1.00 bits per heavy atom. The van der Waals surface area contributed by atoms with Crippen LogP contribution in [-0.2, 0) is 9.59 Å². The highest BCUT2D eigenvalue weighted by molar-refractivity contribution is 5.92. The lowest BCUT2D eigenvalue weighted by molar-refractivity contribution is -0.120. The average Bonchev–Trinajstić information content (AvgIpc) is 2.54. The van der Waals surface area contributed by atoms with Crippen LogP contribution in [0.15, 0.2) is 48.5 Å². The maximum atomic E-state index is 12.6. The molecule has 2 N–H and O–H groups in total. The molecule has 0 saturated heterocycles. The van der Waals surface area contributed by atoms with Crippen LogP contribution in [0.2, 0.25) is 0 Å². The summed E-state index contributed by atoms with van der Waals surface area (Å²) in [6, 6.07) is 15.3. The first kappa shape index (κ1) is 18.7. The van der Waals surface area contributed by atoms with Gasteiger partial charge in [-0.05, 0) is 30.0 Å². The van der Waals surface area contributed by atoms with Crippen LogP contribution >= 0.6 is 0 Å². The third-order valence-electron chi connectivity index (χ3n) is 4.10. The summed E-state index contributed by atoms with van der Waals surface area (Å²) in [7, 11) is 0. The van der Waals surface area contributed by atoms with Crippen LogP contribution in [0.1, 0.15) is 55.8 Å². The molecule has 0 aliphatic carbocycles. The molecule has 0 bridgehead atoms. The van der Waals surface area contributed by atoms with Crippen molar-refractivity contribution in [1.82, 2.24) is 5.32 Å². The Morgan fingerprint density at radius 2 is 1.64 bits per heavy atom. The fraction of sp³-hybridized carbons (Fsp3) is 0.333. The van der Waals surface area contributed by atoms with Crippen LogP contribution in [0.3, 0.4) is 0 Å². The molecule has 132 valence electrons. The molecule has 0 radical (unpaired) electrons. The lowest BCUT2D eigenvalue weighted by Crippen LogP contribution is -2.30. The Balaban J connectivity index is 2.14. The van der Waals surface area contributed by atoms with Crippen LogP contribution in [0.25, 0.3) is 0 Å². The van der Waals surface area contributed by atoms with E-state index in [4.69, 9.17) is 0 Å². The summed E-state index contributed by atoms with van der Waals surface area (Å²) < 4.78 is 0. The number of carbonyl (C=O) groups is 2. The third-order valence-corrected chi connectivity index (χ3v) is 4.10. The second-order valence-electron chi connectivity index (χ2n) is 6.66. The van der Waals surface area contributed by atoms with Gasteiger partial charge in [0.1, 0.15) is 0 Å². The minimum Gasteiger partial charge on any atom is -0.349 e. The van der Waals surface area contributed by atoms with E-state index in [2.05, 4.69) is 24.5 Å². The van der Waals surface area contributed by atoms with E-state index in [0.29, 0.717) is 5.92 Å². The van der Waals surface area contributed by atoms with Gasteiger partial charge in [-0.15, -0.1) is 0 Å². The highest BCUT2D eigenvalue weighted by atomic mass is 16.2. The summed E-state index contributed by atoms with van der Waals surface area (Å²) in [5.41, 5.74) is 3.99. The van der Waals surface area contributed by atoms with Crippen molar-refractivity contribution in [2.24, 2.45) is 0 Å². The SMILES string of the molecule is CC(=O)NC(CC(=O)Nc1ccccc1C(C)C)c1ccc(C)cc1. The predicted octanol–water partition coefficient (Wildman–Crippen LogP) is 4.32. The fourth-order valence-corrected chi connectivity index (χ4v) is 2.80. The number of nitrogens with one attached hydrogen (secondary N) is 2. The minimum absolute atomic E-state index is 0.118. The summed E-state index contributed by atoms with van der Waals surface area (Å²) in [6.45, 7) is 7.66. The normalized spacial score (nSPS) is 11.9. The van der Waals surface area contributed by atoms with E-state index in [0.717, 1.165) is 22.4 Å². The first-order valence-electron chi connectivity index (χ1n) is 8.59. The van der Waals surface area contributed by atoms with E-state index in [-0.39, 0.29) is 24.3 Å². The quantitative estimate of drug-likeness (QED) is 0.824. The van der Waals surface area contributed by atoms with Gasteiger partial charge in [0.15, 0.2) is 0 Å². The molecular weight excluding hydrogens is 312 g/mol. The summed E-state index contributed by atoms with van der Waals surface area (Å²) in [5, 5.41) is 5.86. The van der Waals surface area contributed by atoms with Crippen molar-refractivity contribution in [1.29, 1.82) is 0 Å². The van der Waals surface area contributed by atoms with Gasteiger partial charge in [0, 0.05) is 12.6 Å². The van der Waals surface area contributed by atoms with Crippen molar-refractivity contribution < 1.29 is 9.59 Å².